The minimum atomic E-state index is 0.414. The van der Waals surface area contributed by atoms with Crippen LogP contribution in [0.15, 0.2) is 0 Å². The third-order valence-electron chi connectivity index (χ3n) is 5.25. The van der Waals surface area contributed by atoms with Gasteiger partial charge in [0, 0.05) is 6.61 Å². The minimum absolute atomic E-state index is 0.414. The van der Waals surface area contributed by atoms with E-state index in [1.165, 1.54) is 64.2 Å². The van der Waals surface area contributed by atoms with Crippen LogP contribution in [0.25, 0.3) is 0 Å². The summed E-state index contributed by atoms with van der Waals surface area (Å²) in [5, 5.41) is 0. The summed E-state index contributed by atoms with van der Waals surface area (Å²) in [4.78, 5) is 0. The standard InChI is InChI=1S/C16H31NO/c1-2-3-5-14-7-9-16(13-17,10-8-14)12-15-6-4-11-18-15/h14-15H,2-13,17H2,1H3. The molecule has 0 aromatic carbocycles. The van der Waals surface area contributed by atoms with Gasteiger partial charge in [0.25, 0.3) is 0 Å². The Labute approximate surface area is 113 Å². The summed E-state index contributed by atoms with van der Waals surface area (Å²) >= 11 is 0. The van der Waals surface area contributed by atoms with Gasteiger partial charge in [0.05, 0.1) is 6.10 Å². The first-order valence-corrected chi connectivity index (χ1v) is 8.10. The molecule has 2 nitrogen and oxygen atoms in total. The molecule has 0 radical (unpaired) electrons. The van der Waals surface area contributed by atoms with Crippen molar-refractivity contribution in [3.8, 4) is 0 Å². The van der Waals surface area contributed by atoms with Crippen molar-refractivity contribution in [2.24, 2.45) is 17.1 Å². The van der Waals surface area contributed by atoms with Crippen molar-refractivity contribution >= 4 is 0 Å². The second-order valence-electron chi connectivity index (χ2n) is 6.63. The van der Waals surface area contributed by atoms with Crippen LogP contribution in [0.2, 0.25) is 0 Å². The Bertz CT molecular complexity index is 227. The predicted molar refractivity (Wildman–Crippen MR) is 76.6 cm³/mol. The fourth-order valence-corrected chi connectivity index (χ4v) is 3.85. The fourth-order valence-electron chi connectivity index (χ4n) is 3.85. The van der Waals surface area contributed by atoms with Crippen LogP contribution in [-0.2, 0) is 4.74 Å². The van der Waals surface area contributed by atoms with Gasteiger partial charge in [0.15, 0.2) is 0 Å². The number of unbranched alkanes of at least 4 members (excludes halogenated alkanes) is 1. The van der Waals surface area contributed by atoms with Crippen LogP contribution in [0.1, 0.15) is 71.1 Å². The highest BCUT2D eigenvalue weighted by Gasteiger charge is 2.36. The van der Waals surface area contributed by atoms with Crippen LogP contribution in [-0.4, -0.2) is 19.3 Å². The lowest BCUT2D eigenvalue weighted by Crippen LogP contribution is -2.37. The number of nitrogens with two attached hydrogens (primary N) is 1. The van der Waals surface area contributed by atoms with Gasteiger partial charge in [-0.2, -0.15) is 0 Å². The van der Waals surface area contributed by atoms with Gasteiger partial charge in [-0.3, -0.25) is 0 Å². The van der Waals surface area contributed by atoms with Crippen LogP contribution < -0.4 is 5.73 Å². The normalized spacial score (nSPS) is 37.0. The summed E-state index contributed by atoms with van der Waals surface area (Å²) < 4.78 is 5.82. The third kappa shape index (κ3) is 3.71. The second-order valence-corrected chi connectivity index (χ2v) is 6.63. The Morgan fingerprint density at radius 2 is 2.00 bits per heavy atom. The van der Waals surface area contributed by atoms with E-state index in [-0.39, 0.29) is 0 Å². The average Bonchev–Trinajstić information content (AvgIpc) is 2.91. The van der Waals surface area contributed by atoms with E-state index < -0.39 is 0 Å². The molecular formula is C16H31NO. The first kappa shape index (κ1) is 14.3. The smallest absolute Gasteiger partial charge is 0.0581 e. The topological polar surface area (TPSA) is 35.2 Å². The molecule has 18 heavy (non-hydrogen) atoms. The molecule has 2 aliphatic rings. The second kappa shape index (κ2) is 6.91. The summed E-state index contributed by atoms with van der Waals surface area (Å²) in [7, 11) is 0. The van der Waals surface area contributed by atoms with Crippen molar-refractivity contribution in [1.29, 1.82) is 0 Å². The van der Waals surface area contributed by atoms with Crippen LogP contribution in [0, 0.1) is 11.3 Å². The Morgan fingerprint density at radius 1 is 1.22 bits per heavy atom. The van der Waals surface area contributed by atoms with Gasteiger partial charge in [0.2, 0.25) is 0 Å². The van der Waals surface area contributed by atoms with Crippen LogP contribution >= 0.6 is 0 Å². The molecule has 1 heterocycles. The Balaban J connectivity index is 1.79. The lowest BCUT2D eigenvalue weighted by molar-refractivity contribution is 0.0379. The molecule has 0 spiro atoms. The molecule has 1 aliphatic heterocycles. The Hall–Kier alpha value is -0.0800. The van der Waals surface area contributed by atoms with Gasteiger partial charge in [-0.25, -0.2) is 0 Å². The Morgan fingerprint density at radius 3 is 2.56 bits per heavy atom. The Kier molecular flexibility index (Phi) is 5.50. The minimum Gasteiger partial charge on any atom is -0.378 e. The first-order chi connectivity index (χ1) is 8.78. The maximum atomic E-state index is 6.11. The summed E-state index contributed by atoms with van der Waals surface area (Å²) in [6.07, 6.45) is 14.0. The maximum Gasteiger partial charge on any atom is 0.0581 e. The summed E-state index contributed by atoms with van der Waals surface area (Å²) in [6.45, 7) is 4.14. The lowest BCUT2D eigenvalue weighted by atomic mass is 9.67. The molecule has 2 N–H and O–H groups in total. The molecule has 1 aliphatic carbocycles. The predicted octanol–water partition coefficient (Wildman–Crippen LogP) is 3.88. The number of rotatable bonds is 6. The van der Waals surface area contributed by atoms with Crippen LogP contribution in [0.3, 0.4) is 0 Å². The number of hydrogen-bond acceptors (Lipinski definition) is 2. The molecule has 0 amide bonds. The van der Waals surface area contributed by atoms with Gasteiger partial charge >= 0.3 is 0 Å². The van der Waals surface area contributed by atoms with Gasteiger partial charge in [-0.15, -0.1) is 0 Å². The molecule has 106 valence electrons. The SMILES string of the molecule is CCCCC1CCC(CN)(CC2CCCO2)CC1. The molecule has 2 heteroatoms. The third-order valence-corrected chi connectivity index (χ3v) is 5.25. The zero-order chi connectivity index (χ0) is 12.8. The van der Waals surface area contributed by atoms with E-state index in [1.54, 1.807) is 0 Å². The quantitative estimate of drug-likeness (QED) is 0.779. The highest BCUT2D eigenvalue weighted by atomic mass is 16.5. The average molecular weight is 253 g/mol. The first-order valence-electron chi connectivity index (χ1n) is 8.10. The van der Waals surface area contributed by atoms with Gasteiger partial charge in [-0.05, 0) is 62.8 Å². The maximum absolute atomic E-state index is 6.11. The van der Waals surface area contributed by atoms with Crippen molar-refractivity contribution in [2.75, 3.05) is 13.2 Å². The van der Waals surface area contributed by atoms with Crippen molar-refractivity contribution in [3.63, 3.8) is 0 Å². The summed E-state index contributed by atoms with van der Waals surface area (Å²) in [6, 6.07) is 0. The summed E-state index contributed by atoms with van der Waals surface area (Å²) in [5.74, 6) is 0.981. The van der Waals surface area contributed by atoms with Crippen LogP contribution in [0.5, 0.6) is 0 Å². The molecule has 2 fully saturated rings. The molecule has 1 atom stereocenters. The van der Waals surface area contributed by atoms with E-state index >= 15 is 0 Å². The van der Waals surface area contributed by atoms with Crippen molar-refractivity contribution < 1.29 is 4.74 Å². The molecule has 1 unspecified atom stereocenters. The number of hydrogen-bond donors (Lipinski definition) is 1. The van der Waals surface area contributed by atoms with Gasteiger partial charge in [0.1, 0.15) is 0 Å². The molecule has 0 aromatic rings. The molecule has 0 aromatic heterocycles. The van der Waals surface area contributed by atoms with Crippen molar-refractivity contribution in [3.05, 3.63) is 0 Å². The van der Waals surface area contributed by atoms with E-state index in [9.17, 15) is 0 Å². The van der Waals surface area contributed by atoms with E-state index in [2.05, 4.69) is 6.92 Å². The van der Waals surface area contributed by atoms with Crippen molar-refractivity contribution in [2.45, 2.75) is 77.2 Å². The fraction of sp³-hybridized carbons (Fsp3) is 1.00. The van der Waals surface area contributed by atoms with E-state index in [1.807, 2.05) is 0 Å². The van der Waals surface area contributed by atoms with E-state index in [0.29, 0.717) is 11.5 Å². The molecule has 1 saturated carbocycles. The molecule has 1 saturated heterocycles. The van der Waals surface area contributed by atoms with Crippen LogP contribution in [0.4, 0.5) is 0 Å². The van der Waals surface area contributed by atoms with E-state index in [4.69, 9.17) is 10.5 Å². The highest BCUT2D eigenvalue weighted by Crippen LogP contribution is 2.44. The highest BCUT2D eigenvalue weighted by molar-refractivity contribution is 4.89. The summed E-state index contributed by atoms with van der Waals surface area (Å²) in [5.41, 5.74) is 6.52. The zero-order valence-electron chi connectivity index (χ0n) is 12.1. The molecule has 2 rings (SSSR count). The number of ether oxygens (including phenoxy) is 1. The van der Waals surface area contributed by atoms with Gasteiger partial charge in [-0.1, -0.05) is 26.2 Å². The lowest BCUT2D eigenvalue weighted by Gasteiger charge is -2.41. The van der Waals surface area contributed by atoms with E-state index in [0.717, 1.165) is 19.1 Å². The molecule has 0 bridgehead atoms. The monoisotopic (exact) mass is 253 g/mol. The zero-order valence-corrected chi connectivity index (χ0v) is 12.1. The van der Waals surface area contributed by atoms with Gasteiger partial charge < -0.3 is 10.5 Å². The van der Waals surface area contributed by atoms with Crippen molar-refractivity contribution in [1.82, 2.24) is 0 Å². The molecular weight excluding hydrogens is 222 g/mol. The largest absolute Gasteiger partial charge is 0.378 e.